The third-order valence-electron chi connectivity index (χ3n) is 4.98. The van der Waals surface area contributed by atoms with Gasteiger partial charge < -0.3 is 15.5 Å². The average Bonchev–Trinajstić information content (AvgIpc) is 3.40. The molecule has 8 nitrogen and oxygen atoms in total. The minimum Gasteiger partial charge on any atom is -0.363 e. The second-order valence-corrected chi connectivity index (χ2v) is 6.35. The molecule has 3 heterocycles. The molecule has 3 aromatic rings. The molecule has 1 saturated carbocycles. The molecular formula is C17H18N6O2. The summed E-state index contributed by atoms with van der Waals surface area (Å²) in [5.74, 6) is -0.893. The Balaban J connectivity index is 1.80. The average molecular weight is 338 g/mol. The number of carbonyl (C=O) groups excluding carboxylic acids is 1. The van der Waals surface area contributed by atoms with Crippen molar-refractivity contribution in [3.8, 4) is 11.3 Å². The van der Waals surface area contributed by atoms with Gasteiger partial charge in [0, 0.05) is 29.3 Å². The van der Waals surface area contributed by atoms with Crippen molar-refractivity contribution in [1.29, 1.82) is 5.41 Å². The van der Waals surface area contributed by atoms with E-state index in [1.165, 1.54) is 11.0 Å². The van der Waals surface area contributed by atoms with Crippen LogP contribution in [0, 0.1) is 11.3 Å². The van der Waals surface area contributed by atoms with Crippen LogP contribution in [-0.2, 0) is 10.5 Å². The lowest BCUT2D eigenvalue weighted by atomic mass is 9.90. The van der Waals surface area contributed by atoms with Gasteiger partial charge in [-0.3, -0.25) is 4.79 Å². The van der Waals surface area contributed by atoms with Crippen LogP contribution in [0.2, 0.25) is 0 Å². The Kier molecular flexibility index (Phi) is 3.69. The van der Waals surface area contributed by atoms with E-state index in [-0.39, 0.29) is 5.92 Å². The van der Waals surface area contributed by atoms with E-state index in [9.17, 15) is 9.90 Å². The van der Waals surface area contributed by atoms with Gasteiger partial charge in [-0.05, 0) is 18.9 Å². The fourth-order valence-corrected chi connectivity index (χ4v) is 3.67. The Morgan fingerprint density at radius 3 is 2.96 bits per heavy atom. The van der Waals surface area contributed by atoms with Gasteiger partial charge in [0.1, 0.15) is 12.0 Å². The van der Waals surface area contributed by atoms with Crippen LogP contribution < -0.4 is 0 Å². The molecule has 25 heavy (non-hydrogen) atoms. The van der Waals surface area contributed by atoms with E-state index in [1.807, 2.05) is 6.07 Å². The maximum Gasteiger partial charge on any atom is 0.227 e. The van der Waals surface area contributed by atoms with Crippen LogP contribution in [0.5, 0.6) is 0 Å². The highest BCUT2D eigenvalue weighted by Crippen LogP contribution is 2.38. The molecule has 0 radical (unpaired) electrons. The van der Waals surface area contributed by atoms with Gasteiger partial charge in [0.05, 0.1) is 18.1 Å². The third-order valence-corrected chi connectivity index (χ3v) is 4.98. The van der Waals surface area contributed by atoms with Crippen molar-refractivity contribution in [2.45, 2.75) is 31.4 Å². The molecular weight excluding hydrogens is 320 g/mol. The zero-order valence-electron chi connectivity index (χ0n) is 13.5. The molecule has 1 aliphatic rings. The number of nitrogens with one attached hydrogen (secondary N) is 2. The Morgan fingerprint density at radius 1 is 1.40 bits per heavy atom. The Bertz CT molecular complexity index is 939. The van der Waals surface area contributed by atoms with Crippen LogP contribution in [-0.4, -0.2) is 41.8 Å². The van der Waals surface area contributed by atoms with Gasteiger partial charge in [-0.25, -0.2) is 14.6 Å². The molecule has 1 unspecified atom stereocenters. The van der Waals surface area contributed by atoms with Gasteiger partial charge in [0.15, 0.2) is 0 Å². The van der Waals surface area contributed by atoms with Crippen LogP contribution in [0.4, 0.5) is 0 Å². The molecule has 0 amide bonds. The summed E-state index contributed by atoms with van der Waals surface area (Å²) in [7, 11) is 0. The summed E-state index contributed by atoms with van der Waals surface area (Å²) < 4.78 is 1.28. The van der Waals surface area contributed by atoms with Crippen LogP contribution in [0.1, 0.15) is 25.7 Å². The van der Waals surface area contributed by atoms with Crippen molar-refractivity contribution >= 4 is 23.0 Å². The molecule has 3 N–H and O–H groups in total. The van der Waals surface area contributed by atoms with E-state index in [1.54, 1.807) is 18.6 Å². The van der Waals surface area contributed by atoms with Crippen molar-refractivity contribution in [3.63, 3.8) is 0 Å². The highest BCUT2D eigenvalue weighted by molar-refractivity contribution is 6.29. The summed E-state index contributed by atoms with van der Waals surface area (Å²) >= 11 is 0. The Labute approximate surface area is 143 Å². The number of H-pyrrole nitrogens is 1. The molecule has 128 valence electrons. The van der Waals surface area contributed by atoms with E-state index in [2.05, 4.69) is 20.1 Å². The fourth-order valence-electron chi connectivity index (χ4n) is 3.67. The summed E-state index contributed by atoms with van der Waals surface area (Å²) in [6.45, 7) is 0. The number of rotatable bonds is 5. The number of aliphatic hydroxyl groups is 1. The maximum absolute atomic E-state index is 12.4. The number of carbonyl (C=O) groups is 1. The molecule has 3 aromatic heterocycles. The van der Waals surface area contributed by atoms with Gasteiger partial charge in [-0.15, -0.1) is 0 Å². The number of nitrogens with zero attached hydrogens (tertiary/aromatic N) is 4. The van der Waals surface area contributed by atoms with Gasteiger partial charge in [0.25, 0.3) is 0 Å². The van der Waals surface area contributed by atoms with Crippen molar-refractivity contribution < 1.29 is 9.90 Å². The summed E-state index contributed by atoms with van der Waals surface area (Å²) in [5.41, 5.74) is 0.245. The Hall–Kier alpha value is -2.87. The highest BCUT2D eigenvalue weighted by Gasteiger charge is 2.46. The lowest BCUT2D eigenvalue weighted by Gasteiger charge is -2.31. The topological polar surface area (TPSA) is 121 Å². The zero-order chi connectivity index (χ0) is 17.4. The van der Waals surface area contributed by atoms with Crippen molar-refractivity contribution in [2.24, 2.45) is 5.92 Å². The molecule has 8 heteroatoms. The molecule has 0 aromatic carbocycles. The Morgan fingerprint density at radius 2 is 2.20 bits per heavy atom. The van der Waals surface area contributed by atoms with Gasteiger partial charge in [-0.2, -0.15) is 5.10 Å². The second kappa shape index (κ2) is 5.89. The molecule has 4 rings (SSSR count). The second-order valence-electron chi connectivity index (χ2n) is 6.35. The molecule has 1 aliphatic carbocycles. The molecule has 0 bridgehead atoms. The van der Waals surface area contributed by atoms with Crippen LogP contribution in [0.15, 0.2) is 31.0 Å². The standard InChI is InChI=1S/C17H18N6O2/c18-7-14(24)17(25,12-3-1-2-4-12)23-9-11(8-22-23)15-13-5-6-19-16(13)21-10-20-15/h5-10,12,18,25H,1-4H2,(H,19,20,21). The number of aromatic amines is 1. The van der Waals surface area contributed by atoms with Gasteiger partial charge in [0.2, 0.25) is 11.5 Å². The van der Waals surface area contributed by atoms with E-state index >= 15 is 0 Å². The number of Topliss-reactive ketones (excluding diaryl/α,β-unsaturated/α-hetero) is 1. The fraction of sp³-hybridized carbons (Fsp3) is 0.353. The first-order valence-electron chi connectivity index (χ1n) is 8.25. The summed E-state index contributed by atoms with van der Waals surface area (Å²) in [4.78, 5) is 23.9. The van der Waals surface area contributed by atoms with Crippen molar-refractivity contribution in [1.82, 2.24) is 24.7 Å². The third kappa shape index (κ3) is 2.37. The largest absolute Gasteiger partial charge is 0.363 e. The van der Waals surface area contributed by atoms with Crippen molar-refractivity contribution in [3.05, 3.63) is 31.0 Å². The number of aromatic nitrogens is 5. The first-order chi connectivity index (χ1) is 12.1. The summed E-state index contributed by atoms with van der Waals surface area (Å²) in [6.07, 6.45) is 10.5. The summed E-state index contributed by atoms with van der Waals surface area (Å²) in [6, 6.07) is 1.87. The van der Waals surface area contributed by atoms with Crippen LogP contribution >= 0.6 is 0 Å². The highest BCUT2D eigenvalue weighted by atomic mass is 16.3. The molecule has 1 fully saturated rings. The predicted molar refractivity (Wildman–Crippen MR) is 91.1 cm³/mol. The van der Waals surface area contributed by atoms with Gasteiger partial charge >= 0.3 is 0 Å². The lowest BCUT2D eigenvalue weighted by Crippen LogP contribution is -2.48. The smallest absolute Gasteiger partial charge is 0.227 e. The van der Waals surface area contributed by atoms with Crippen LogP contribution in [0.25, 0.3) is 22.3 Å². The number of ketones is 1. The molecule has 0 spiro atoms. The molecule has 0 saturated heterocycles. The van der Waals surface area contributed by atoms with Crippen LogP contribution in [0.3, 0.4) is 0 Å². The van der Waals surface area contributed by atoms with E-state index < -0.39 is 11.5 Å². The predicted octanol–water partition coefficient (Wildman–Crippen LogP) is 1.88. The first-order valence-corrected chi connectivity index (χ1v) is 8.25. The van der Waals surface area contributed by atoms with E-state index in [0.717, 1.165) is 31.1 Å². The van der Waals surface area contributed by atoms with E-state index in [4.69, 9.17) is 5.41 Å². The number of hydrogen-bond acceptors (Lipinski definition) is 6. The van der Waals surface area contributed by atoms with Crippen molar-refractivity contribution in [2.75, 3.05) is 0 Å². The SMILES string of the molecule is N=CC(=O)C(O)(C1CCCC1)n1cc(-c2ncnc3[nH]ccc23)cn1. The monoisotopic (exact) mass is 338 g/mol. The molecule has 0 aliphatic heterocycles. The van der Waals surface area contributed by atoms with E-state index in [0.29, 0.717) is 23.1 Å². The minimum atomic E-state index is -1.82. The zero-order valence-corrected chi connectivity index (χ0v) is 13.5. The lowest BCUT2D eigenvalue weighted by molar-refractivity contribution is -0.153. The normalized spacial score (nSPS) is 17.6. The minimum absolute atomic E-state index is 0.243. The number of fused-ring (bicyclic) bond motifs is 1. The van der Waals surface area contributed by atoms with Gasteiger partial charge in [-0.1, -0.05) is 12.8 Å². The maximum atomic E-state index is 12.4. The molecule has 1 atom stereocenters. The number of hydrogen-bond donors (Lipinski definition) is 3. The quantitative estimate of drug-likeness (QED) is 0.613. The summed E-state index contributed by atoms with van der Waals surface area (Å²) in [5, 5.41) is 23.6. The first kappa shape index (κ1) is 15.6.